The van der Waals surface area contributed by atoms with Crippen LogP contribution in [0.25, 0.3) is 0 Å². The molecular weight excluding hydrogens is 194 g/mol. The summed E-state index contributed by atoms with van der Waals surface area (Å²) in [6, 6.07) is 0. The largest absolute Gasteiger partial charge is 1.00 e. The van der Waals surface area contributed by atoms with Crippen LogP contribution in [0.4, 0.5) is 4.79 Å². The molecule has 0 aliphatic heterocycles. The van der Waals surface area contributed by atoms with E-state index >= 15 is 0 Å². The van der Waals surface area contributed by atoms with Crippen molar-refractivity contribution in [2.24, 2.45) is 0 Å². The van der Waals surface area contributed by atoms with Gasteiger partial charge < -0.3 is 9.90 Å². The van der Waals surface area contributed by atoms with Gasteiger partial charge in [-0.1, -0.05) is 0 Å². The van der Waals surface area contributed by atoms with Crippen molar-refractivity contribution in [3.05, 3.63) is 0 Å². The Morgan fingerprint density at radius 1 is 1.80 bits per heavy atom. The molecule has 5 heavy (non-hydrogen) atoms. The number of carbonyl (C=O) groups is 1. The fraction of sp³-hybridized carbons (Fsp3) is 0. The summed E-state index contributed by atoms with van der Waals surface area (Å²) in [5.41, 5.74) is 0. The number of hydrogen-bond donors (Lipinski definition) is 0. The van der Waals surface area contributed by atoms with Gasteiger partial charge in [-0.05, 0) is 22.6 Å². The Kier molecular flexibility index (Phi) is 9.88. The molecule has 0 radical (unpaired) electrons. The summed E-state index contributed by atoms with van der Waals surface area (Å²) >= 11 is 1.15. The van der Waals surface area contributed by atoms with Crippen molar-refractivity contribution in [1.82, 2.24) is 0 Å². The predicted octanol–water partition coefficient (Wildman–Crippen LogP) is -3.23. The molecule has 0 unspecified atom stereocenters. The van der Waals surface area contributed by atoms with Gasteiger partial charge in [-0.3, -0.25) is 0 Å². The summed E-state index contributed by atoms with van der Waals surface area (Å²) < 4.78 is -1.11. The van der Waals surface area contributed by atoms with Crippen LogP contribution in [0, 0.1) is 0 Å². The minimum atomic E-state index is -1.11. The first-order valence-electron chi connectivity index (χ1n) is 0.597. The van der Waals surface area contributed by atoms with Crippen LogP contribution < -0.4 is 34.7 Å². The standard InChI is InChI=1S/CHIO2.Na/c2-1(3)4;/h(H,3,4);/q;+1/p-1. The molecule has 4 heteroatoms. The van der Waals surface area contributed by atoms with Crippen molar-refractivity contribution in [1.29, 1.82) is 0 Å². The summed E-state index contributed by atoms with van der Waals surface area (Å²) in [4.78, 5) is 8.88. The molecule has 0 bridgehead atoms. The second-order valence-electron chi connectivity index (χ2n) is 0.238. The van der Waals surface area contributed by atoms with Crippen LogP contribution in [0.5, 0.6) is 0 Å². The number of halogens is 1. The maximum absolute atomic E-state index is 8.88. The van der Waals surface area contributed by atoms with E-state index in [4.69, 9.17) is 9.90 Å². The molecule has 0 aliphatic carbocycles. The predicted molar refractivity (Wildman–Crippen MR) is 19.4 cm³/mol. The molecule has 0 N–H and O–H groups in total. The van der Waals surface area contributed by atoms with Gasteiger partial charge >= 0.3 is 29.6 Å². The van der Waals surface area contributed by atoms with Crippen molar-refractivity contribution in [3.63, 3.8) is 0 Å². The summed E-state index contributed by atoms with van der Waals surface area (Å²) in [6.07, 6.45) is 0. The number of carbonyl (C=O) groups excluding carboxylic acids is 1. The van der Waals surface area contributed by atoms with E-state index in [1.54, 1.807) is 0 Å². The van der Waals surface area contributed by atoms with Crippen molar-refractivity contribution in [3.8, 4) is 0 Å². The monoisotopic (exact) mass is 194 g/mol. The first-order valence-corrected chi connectivity index (χ1v) is 1.68. The Labute approximate surface area is 65.4 Å². The molecule has 0 atom stereocenters. The van der Waals surface area contributed by atoms with Crippen molar-refractivity contribution in [2.75, 3.05) is 0 Å². The van der Waals surface area contributed by atoms with Crippen LogP contribution >= 0.6 is 22.6 Å². The second-order valence-corrected chi connectivity index (χ2v) is 1.12. The van der Waals surface area contributed by atoms with Gasteiger partial charge in [0.15, 0.2) is 0 Å². The Bertz CT molecular complexity index is 32.6. The zero-order valence-electron chi connectivity index (χ0n) is 2.69. The number of carboxylic acid groups (broad SMARTS) is 1. The van der Waals surface area contributed by atoms with E-state index in [1.165, 1.54) is 0 Å². The summed E-state index contributed by atoms with van der Waals surface area (Å²) in [7, 11) is 0. The molecule has 0 saturated heterocycles. The zero-order chi connectivity index (χ0) is 3.58. The van der Waals surface area contributed by atoms with Crippen molar-refractivity contribution in [2.45, 2.75) is 0 Å². The molecule has 0 saturated carbocycles. The molecule has 0 aromatic carbocycles. The minimum Gasteiger partial charge on any atom is -0.538 e. The molecule has 0 rings (SSSR count). The molecule has 0 aromatic rings. The summed E-state index contributed by atoms with van der Waals surface area (Å²) in [6.45, 7) is 0. The minimum absolute atomic E-state index is 0. The summed E-state index contributed by atoms with van der Waals surface area (Å²) in [5.74, 6) is 0. The van der Waals surface area contributed by atoms with Gasteiger partial charge in [0.1, 0.15) is 3.98 Å². The first-order chi connectivity index (χ1) is 1.73. The van der Waals surface area contributed by atoms with E-state index in [0.29, 0.717) is 0 Å². The van der Waals surface area contributed by atoms with Crippen LogP contribution in [0.1, 0.15) is 0 Å². The molecule has 0 fully saturated rings. The molecule has 0 heterocycles. The normalized spacial score (nSPS) is 5.00. The number of hydrogen-bond acceptors (Lipinski definition) is 2. The molecule has 0 spiro atoms. The van der Waals surface area contributed by atoms with Gasteiger partial charge in [0.05, 0.1) is 0 Å². The Morgan fingerprint density at radius 2 is 1.80 bits per heavy atom. The fourth-order valence-electron chi connectivity index (χ4n) is 0. The second kappa shape index (κ2) is 5.20. The molecule has 2 nitrogen and oxygen atoms in total. The van der Waals surface area contributed by atoms with Gasteiger partial charge in [-0.15, -0.1) is 0 Å². The van der Waals surface area contributed by atoms with Crippen molar-refractivity contribution >= 4 is 26.6 Å². The Balaban J connectivity index is 0. The van der Waals surface area contributed by atoms with E-state index in [-0.39, 0.29) is 29.6 Å². The van der Waals surface area contributed by atoms with E-state index in [2.05, 4.69) is 0 Å². The van der Waals surface area contributed by atoms with Crippen LogP contribution in [-0.4, -0.2) is 3.98 Å². The third kappa shape index (κ3) is 37.0. The SMILES string of the molecule is O=C([O-])I.[Na+]. The molecule has 0 aliphatic rings. The third-order valence-electron chi connectivity index (χ3n) is 0. The zero-order valence-corrected chi connectivity index (χ0v) is 6.85. The molecule has 24 valence electrons. The van der Waals surface area contributed by atoms with Crippen LogP contribution in [0.3, 0.4) is 0 Å². The number of rotatable bonds is 0. The fourth-order valence-corrected chi connectivity index (χ4v) is 0. The van der Waals surface area contributed by atoms with E-state index in [9.17, 15) is 0 Å². The van der Waals surface area contributed by atoms with Crippen molar-refractivity contribution < 1.29 is 39.5 Å². The van der Waals surface area contributed by atoms with Crippen LogP contribution in [-0.2, 0) is 0 Å². The molecule has 0 amide bonds. The van der Waals surface area contributed by atoms with Gasteiger partial charge in [0, 0.05) is 0 Å². The smallest absolute Gasteiger partial charge is 0.538 e. The third-order valence-corrected chi connectivity index (χ3v) is 0. The van der Waals surface area contributed by atoms with Gasteiger partial charge in [-0.2, -0.15) is 0 Å². The topological polar surface area (TPSA) is 40.1 Å². The first kappa shape index (κ1) is 9.50. The van der Waals surface area contributed by atoms with Gasteiger partial charge in [0.2, 0.25) is 0 Å². The molecule has 0 aromatic heterocycles. The maximum atomic E-state index is 8.88. The molecular formula is CINaO2. The van der Waals surface area contributed by atoms with Gasteiger partial charge in [-0.25, -0.2) is 0 Å². The van der Waals surface area contributed by atoms with Crippen LogP contribution in [0.15, 0.2) is 0 Å². The van der Waals surface area contributed by atoms with E-state index in [1.807, 2.05) is 0 Å². The summed E-state index contributed by atoms with van der Waals surface area (Å²) in [5, 5.41) is 8.88. The average Bonchev–Trinajstić information content (AvgIpc) is 0.811. The maximum Gasteiger partial charge on any atom is 1.00 e. The quantitative estimate of drug-likeness (QED) is 0.231. The van der Waals surface area contributed by atoms with Crippen LogP contribution in [0.2, 0.25) is 0 Å². The Morgan fingerprint density at radius 3 is 1.80 bits per heavy atom. The average molecular weight is 194 g/mol. The van der Waals surface area contributed by atoms with E-state index < -0.39 is 3.98 Å². The Hall–Kier alpha value is 1.20. The van der Waals surface area contributed by atoms with E-state index in [0.717, 1.165) is 22.6 Å². The van der Waals surface area contributed by atoms with Gasteiger partial charge in [0.25, 0.3) is 0 Å².